The number of benzene rings is 1. The number of amides is 1. The van der Waals surface area contributed by atoms with E-state index >= 15 is 0 Å². The fraction of sp³-hybridized carbons (Fsp3) is 0.231. The molecule has 2 rings (SSSR count). The van der Waals surface area contributed by atoms with Crippen LogP contribution in [0.1, 0.15) is 10.4 Å². The minimum atomic E-state index is -0.637. The lowest BCUT2D eigenvalue weighted by atomic mass is 10.1. The van der Waals surface area contributed by atoms with E-state index in [9.17, 15) is 4.79 Å². The zero-order valence-electron chi connectivity index (χ0n) is 9.71. The van der Waals surface area contributed by atoms with Crippen LogP contribution >= 0.6 is 0 Å². The van der Waals surface area contributed by atoms with E-state index in [1.807, 2.05) is 6.07 Å². The molecule has 1 amide bonds. The number of carbonyl (C=O) groups is 1. The lowest BCUT2D eigenvalue weighted by molar-refractivity contribution is 0.0879. The van der Waals surface area contributed by atoms with Crippen LogP contribution in [-0.4, -0.2) is 40.4 Å². The maximum absolute atomic E-state index is 11.9. The van der Waals surface area contributed by atoms with E-state index in [0.29, 0.717) is 5.56 Å². The first-order chi connectivity index (χ1) is 8.74. The van der Waals surface area contributed by atoms with Gasteiger partial charge in [0.1, 0.15) is 0 Å². The second kappa shape index (κ2) is 5.57. The molecule has 0 atom stereocenters. The Kier molecular flexibility index (Phi) is 3.86. The molecule has 5 heteroatoms. The maximum atomic E-state index is 11.9. The molecule has 0 aliphatic rings. The Morgan fingerprint density at radius 2 is 2.06 bits per heavy atom. The number of aliphatic hydroxyl groups excluding tert-OH is 2. The summed E-state index contributed by atoms with van der Waals surface area (Å²) in [4.78, 5) is 16.0. The number of fused-ring (bicyclic) bond motifs is 1. The average Bonchev–Trinajstić information content (AvgIpc) is 2.44. The van der Waals surface area contributed by atoms with Crippen molar-refractivity contribution in [2.24, 2.45) is 0 Å². The van der Waals surface area contributed by atoms with Crippen molar-refractivity contribution >= 4 is 16.8 Å². The third-order valence-electron chi connectivity index (χ3n) is 2.64. The molecule has 94 valence electrons. The highest BCUT2D eigenvalue weighted by atomic mass is 16.3. The largest absolute Gasteiger partial charge is 0.394 e. The lowest BCUT2D eigenvalue weighted by Gasteiger charge is -2.13. The number of carbonyl (C=O) groups excluding carboxylic acids is 1. The van der Waals surface area contributed by atoms with Crippen LogP contribution in [0, 0.1) is 0 Å². The van der Waals surface area contributed by atoms with E-state index in [1.165, 1.54) is 0 Å². The number of hydrogen-bond acceptors (Lipinski definition) is 4. The summed E-state index contributed by atoms with van der Waals surface area (Å²) >= 11 is 0. The molecule has 1 aromatic carbocycles. The number of pyridine rings is 1. The highest BCUT2D eigenvalue weighted by Crippen LogP contribution is 2.13. The number of aliphatic hydroxyl groups is 2. The highest BCUT2D eigenvalue weighted by molar-refractivity contribution is 5.98. The van der Waals surface area contributed by atoms with Crippen molar-refractivity contribution in [3.63, 3.8) is 0 Å². The fourth-order valence-corrected chi connectivity index (χ4v) is 1.63. The third kappa shape index (κ3) is 2.64. The van der Waals surface area contributed by atoms with Gasteiger partial charge in [-0.25, -0.2) is 0 Å². The molecule has 5 nitrogen and oxygen atoms in total. The fourth-order valence-electron chi connectivity index (χ4n) is 1.63. The van der Waals surface area contributed by atoms with E-state index in [-0.39, 0.29) is 19.1 Å². The van der Waals surface area contributed by atoms with Gasteiger partial charge >= 0.3 is 0 Å². The first-order valence-electron chi connectivity index (χ1n) is 5.62. The van der Waals surface area contributed by atoms with Gasteiger partial charge in [0.2, 0.25) is 0 Å². The number of nitrogens with one attached hydrogen (secondary N) is 1. The van der Waals surface area contributed by atoms with Gasteiger partial charge in [-0.1, -0.05) is 6.07 Å². The molecule has 0 aliphatic heterocycles. The Morgan fingerprint density at radius 1 is 1.28 bits per heavy atom. The third-order valence-corrected chi connectivity index (χ3v) is 2.64. The average molecular weight is 246 g/mol. The molecule has 1 heterocycles. The van der Waals surface area contributed by atoms with Gasteiger partial charge in [-0.05, 0) is 24.3 Å². The van der Waals surface area contributed by atoms with Crippen molar-refractivity contribution in [2.75, 3.05) is 13.2 Å². The molecule has 0 radical (unpaired) electrons. The molecule has 0 saturated heterocycles. The molecule has 0 aliphatic carbocycles. The van der Waals surface area contributed by atoms with Crippen molar-refractivity contribution in [3.8, 4) is 0 Å². The Hall–Kier alpha value is -1.98. The van der Waals surface area contributed by atoms with Gasteiger partial charge in [-0.3, -0.25) is 9.78 Å². The van der Waals surface area contributed by atoms with Crippen molar-refractivity contribution in [3.05, 3.63) is 42.1 Å². The zero-order chi connectivity index (χ0) is 13.0. The summed E-state index contributed by atoms with van der Waals surface area (Å²) < 4.78 is 0. The van der Waals surface area contributed by atoms with Crippen molar-refractivity contribution in [2.45, 2.75) is 6.04 Å². The van der Waals surface area contributed by atoms with Gasteiger partial charge in [0, 0.05) is 17.1 Å². The first-order valence-corrected chi connectivity index (χ1v) is 5.62. The van der Waals surface area contributed by atoms with E-state index in [4.69, 9.17) is 10.2 Å². The Bertz CT molecular complexity index is 553. The molecule has 0 spiro atoms. The van der Waals surface area contributed by atoms with Crippen molar-refractivity contribution in [1.82, 2.24) is 10.3 Å². The summed E-state index contributed by atoms with van der Waals surface area (Å²) in [5.41, 5.74) is 1.29. The quantitative estimate of drug-likeness (QED) is 0.725. The van der Waals surface area contributed by atoms with Crippen LogP contribution in [0.2, 0.25) is 0 Å². The number of aromatic nitrogens is 1. The van der Waals surface area contributed by atoms with Gasteiger partial charge < -0.3 is 15.5 Å². The summed E-state index contributed by atoms with van der Waals surface area (Å²) in [6.45, 7) is -0.589. The van der Waals surface area contributed by atoms with Crippen LogP contribution in [0.5, 0.6) is 0 Å². The Labute approximate surface area is 104 Å². The van der Waals surface area contributed by atoms with Crippen LogP contribution in [0.3, 0.4) is 0 Å². The lowest BCUT2D eigenvalue weighted by Crippen LogP contribution is -2.40. The summed E-state index contributed by atoms with van der Waals surface area (Å²) in [7, 11) is 0. The summed E-state index contributed by atoms with van der Waals surface area (Å²) in [6, 6.07) is 8.18. The molecule has 0 unspecified atom stereocenters. The van der Waals surface area contributed by atoms with E-state index < -0.39 is 6.04 Å². The first kappa shape index (κ1) is 12.5. The molecular weight excluding hydrogens is 232 g/mol. The standard InChI is InChI=1S/C13H14N2O3/c16-7-11(8-17)15-13(18)10-3-4-12-9(6-10)2-1-5-14-12/h1-6,11,16-17H,7-8H2,(H,15,18). The van der Waals surface area contributed by atoms with Crippen LogP contribution in [0.25, 0.3) is 10.9 Å². The van der Waals surface area contributed by atoms with Crippen molar-refractivity contribution in [1.29, 1.82) is 0 Å². The molecule has 1 aromatic heterocycles. The van der Waals surface area contributed by atoms with Gasteiger partial charge in [-0.15, -0.1) is 0 Å². The number of nitrogens with zero attached hydrogens (tertiary/aromatic N) is 1. The second-order valence-corrected chi connectivity index (χ2v) is 3.95. The van der Waals surface area contributed by atoms with Gasteiger partial charge in [0.05, 0.1) is 24.8 Å². The maximum Gasteiger partial charge on any atom is 0.251 e. The zero-order valence-corrected chi connectivity index (χ0v) is 9.71. The van der Waals surface area contributed by atoms with Crippen LogP contribution in [0.4, 0.5) is 0 Å². The molecule has 0 fully saturated rings. The molecule has 3 N–H and O–H groups in total. The second-order valence-electron chi connectivity index (χ2n) is 3.95. The molecule has 2 aromatic rings. The topological polar surface area (TPSA) is 82.5 Å². The van der Waals surface area contributed by atoms with Crippen molar-refractivity contribution < 1.29 is 15.0 Å². The minimum absolute atomic E-state index is 0.294. The number of rotatable bonds is 4. The molecular formula is C13H14N2O3. The Balaban J connectivity index is 2.22. The van der Waals surface area contributed by atoms with Gasteiger partial charge in [0.25, 0.3) is 5.91 Å². The summed E-state index contributed by atoms with van der Waals surface area (Å²) in [5, 5.41) is 21.2. The van der Waals surface area contributed by atoms with Gasteiger partial charge in [-0.2, -0.15) is 0 Å². The smallest absolute Gasteiger partial charge is 0.251 e. The summed E-state index contributed by atoms with van der Waals surface area (Å²) in [6.07, 6.45) is 1.69. The van der Waals surface area contributed by atoms with E-state index in [0.717, 1.165) is 10.9 Å². The predicted octanol–water partition coefficient (Wildman–Crippen LogP) is 0.318. The Morgan fingerprint density at radius 3 is 2.78 bits per heavy atom. The van der Waals surface area contributed by atoms with Crippen LogP contribution < -0.4 is 5.32 Å². The minimum Gasteiger partial charge on any atom is -0.394 e. The van der Waals surface area contributed by atoms with E-state index in [1.54, 1.807) is 30.5 Å². The van der Waals surface area contributed by atoms with Gasteiger partial charge in [0.15, 0.2) is 0 Å². The SMILES string of the molecule is O=C(NC(CO)CO)c1ccc2ncccc2c1. The molecule has 18 heavy (non-hydrogen) atoms. The van der Waals surface area contributed by atoms with Crippen LogP contribution in [0.15, 0.2) is 36.5 Å². The normalized spacial score (nSPS) is 10.8. The highest BCUT2D eigenvalue weighted by Gasteiger charge is 2.12. The molecule has 0 bridgehead atoms. The van der Waals surface area contributed by atoms with E-state index in [2.05, 4.69) is 10.3 Å². The van der Waals surface area contributed by atoms with Crippen LogP contribution in [-0.2, 0) is 0 Å². The summed E-state index contributed by atoms with van der Waals surface area (Å²) in [5.74, 6) is -0.325. The molecule has 0 saturated carbocycles. The predicted molar refractivity (Wildman–Crippen MR) is 67.2 cm³/mol. The monoisotopic (exact) mass is 246 g/mol. The number of hydrogen-bond donors (Lipinski definition) is 3.